The van der Waals surface area contributed by atoms with Crippen LogP contribution in [0.4, 0.5) is 0 Å². The summed E-state index contributed by atoms with van der Waals surface area (Å²) in [5.74, 6) is 1.56. The van der Waals surface area contributed by atoms with Gasteiger partial charge in [0.05, 0.1) is 0 Å². The van der Waals surface area contributed by atoms with Crippen molar-refractivity contribution < 1.29 is 9.21 Å². The molecule has 90 valence electrons. The van der Waals surface area contributed by atoms with Crippen molar-refractivity contribution in [2.45, 2.75) is 26.7 Å². The van der Waals surface area contributed by atoms with Crippen molar-refractivity contribution in [1.82, 2.24) is 5.32 Å². The van der Waals surface area contributed by atoms with Gasteiger partial charge in [0, 0.05) is 11.9 Å². The van der Waals surface area contributed by atoms with Gasteiger partial charge in [-0.1, -0.05) is 29.3 Å². The van der Waals surface area contributed by atoms with E-state index in [9.17, 15) is 4.79 Å². The highest BCUT2D eigenvalue weighted by Crippen LogP contribution is 2.10. The minimum atomic E-state index is -0.124. The zero-order valence-corrected chi connectivity index (χ0v) is 11.3. The number of carbonyl (C=O) groups is 1. The Bertz CT molecular complexity index is 336. The Hall–Kier alpha value is -0.770. The second-order valence-electron chi connectivity index (χ2n) is 3.87. The van der Waals surface area contributed by atoms with E-state index < -0.39 is 0 Å². The molecule has 1 rings (SSSR count). The number of rotatable bonds is 6. The van der Waals surface area contributed by atoms with Crippen LogP contribution >= 0.6 is 15.9 Å². The third-order valence-electron chi connectivity index (χ3n) is 2.61. The lowest BCUT2D eigenvalue weighted by molar-refractivity contribution is 0.0917. The second kappa shape index (κ2) is 6.74. The fourth-order valence-corrected chi connectivity index (χ4v) is 2.13. The van der Waals surface area contributed by atoms with Gasteiger partial charge in [0.1, 0.15) is 5.76 Å². The highest BCUT2D eigenvalue weighted by molar-refractivity contribution is 9.09. The van der Waals surface area contributed by atoms with Gasteiger partial charge in [0.2, 0.25) is 0 Å². The lowest BCUT2D eigenvalue weighted by atomic mass is 10.0. The zero-order valence-electron chi connectivity index (χ0n) is 9.75. The largest absolute Gasteiger partial charge is 0.456 e. The molecule has 3 nitrogen and oxygen atoms in total. The van der Waals surface area contributed by atoms with Gasteiger partial charge in [-0.15, -0.1) is 0 Å². The molecule has 0 radical (unpaired) electrons. The summed E-state index contributed by atoms with van der Waals surface area (Å²) in [7, 11) is 0. The van der Waals surface area contributed by atoms with Gasteiger partial charge >= 0.3 is 0 Å². The van der Waals surface area contributed by atoms with Crippen LogP contribution in [0.3, 0.4) is 0 Å². The van der Waals surface area contributed by atoms with Gasteiger partial charge in [-0.25, -0.2) is 0 Å². The zero-order chi connectivity index (χ0) is 12.0. The van der Waals surface area contributed by atoms with Crippen molar-refractivity contribution in [2.24, 2.45) is 5.92 Å². The van der Waals surface area contributed by atoms with E-state index in [1.54, 1.807) is 12.1 Å². The number of aryl methyl sites for hydroxylation is 1. The molecular weight excluding hydrogens is 270 g/mol. The Morgan fingerprint density at radius 2 is 2.31 bits per heavy atom. The maximum Gasteiger partial charge on any atom is 0.287 e. The van der Waals surface area contributed by atoms with E-state index in [2.05, 4.69) is 28.2 Å². The monoisotopic (exact) mass is 287 g/mol. The average molecular weight is 288 g/mol. The quantitative estimate of drug-likeness (QED) is 0.817. The third kappa shape index (κ3) is 4.00. The molecule has 1 aromatic heterocycles. The predicted molar refractivity (Wildman–Crippen MR) is 68.0 cm³/mol. The summed E-state index contributed by atoms with van der Waals surface area (Å²) in [4.78, 5) is 11.7. The Morgan fingerprint density at radius 3 is 2.81 bits per heavy atom. The van der Waals surface area contributed by atoms with Crippen LogP contribution in [-0.4, -0.2) is 17.8 Å². The number of hydrogen-bond donors (Lipinski definition) is 1. The van der Waals surface area contributed by atoms with E-state index in [4.69, 9.17) is 4.42 Å². The number of nitrogens with one attached hydrogen (secondary N) is 1. The minimum Gasteiger partial charge on any atom is -0.456 e. The summed E-state index contributed by atoms with van der Waals surface area (Å²) < 4.78 is 5.25. The molecule has 1 heterocycles. The molecule has 1 amide bonds. The van der Waals surface area contributed by atoms with E-state index >= 15 is 0 Å². The van der Waals surface area contributed by atoms with Gasteiger partial charge < -0.3 is 9.73 Å². The van der Waals surface area contributed by atoms with Gasteiger partial charge in [-0.3, -0.25) is 4.79 Å². The third-order valence-corrected chi connectivity index (χ3v) is 3.07. The molecule has 0 aliphatic heterocycles. The molecule has 1 atom stereocenters. The van der Waals surface area contributed by atoms with Crippen molar-refractivity contribution in [1.29, 1.82) is 0 Å². The Balaban J connectivity index is 2.40. The van der Waals surface area contributed by atoms with Crippen LogP contribution in [0.1, 0.15) is 36.1 Å². The molecule has 0 bridgehead atoms. The van der Waals surface area contributed by atoms with Crippen LogP contribution in [0, 0.1) is 12.8 Å². The summed E-state index contributed by atoms with van der Waals surface area (Å²) in [5.41, 5.74) is 0. The lowest BCUT2D eigenvalue weighted by Gasteiger charge is -2.13. The molecule has 0 fully saturated rings. The fraction of sp³-hybridized carbons (Fsp3) is 0.583. The van der Waals surface area contributed by atoms with Crippen molar-refractivity contribution in [3.8, 4) is 0 Å². The van der Waals surface area contributed by atoms with Crippen LogP contribution < -0.4 is 5.32 Å². The maximum atomic E-state index is 11.7. The van der Waals surface area contributed by atoms with Crippen molar-refractivity contribution in [2.75, 3.05) is 11.9 Å². The number of furan rings is 1. The Labute approximate surface area is 105 Å². The molecule has 1 N–H and O–H groups in total. The molecule has 0 aliphatic rings. The summed E-state index contributed by atoms with van der Waals surface area (Å²) in [5, 5.41) is 3.87. The molecule has 0 aliphatic carbocycles. The van der Waals surface area contributed by atoms with E-state index in [1.165, 1.54) is 0 Å². The highest BCUT2D eigenvalue weighted by Gasteiger charge is 2.12. The first-order valence-electron chi connectivity index (χ1n) is 5.58. The number of hydrogen-bond acceptors (Lipinski definition) is 2. The van der Waals surface area contributed by atoms with E-state index in [0.717, 1.165) is 23.9 Å². The standard InChI is InChI=1S/C12H18BrNO2/c1-3-10(6-7-13)8-14-12(15)11-5-4-9(2)16-11/h4-5,10H,3,6-8H2,1-2H3,(H,14,15). The smallest absolute Gasteiger partial charge is 0.287 e. The summed E-state index contributed by atoms with van der Waals surface area (Å²) in [6.07, 6.45) is 2.15. The lowest BCUT2D eigenvalue weighted by Crippen LogP contribution is -2.29. The SMILES string of the molecule is CCC(CCBr)CNC(=O)c1ccc(C)o1. The van der Waals surface area contributed by atoms with Crippen molar-refractivity contribution >= 4 is 21.8 Å². The van der Waals surface area contributed by atoms with Crippen molar-refractivity contribution in [3.63, 3.8) is 0 Å². The normalized spacial score (nSPS) is 12.4. The molecule has 4 heteroatoms. The number of carbonyl (C=O) groups excluding carboxylic acids is 1. The first-order chi connectivity index (χ1) is 7.67. The molecule has 0 spiro atoms. The number of halogens is 1. The van der Waals surface area contributed by atoms with Crippen LogP contribution in [0.25, 0.3) is 0 Å². The Kier molecular flexibility index (Phi) is 5.60. The number of amides is 1. The van der Waals surface area contributed by atoms with Gasteiger partial charge in [-0.05, 0) is 31.4 Å². The van der Waals surface area contributed by atoms with Crippen LogP contribution in [0.15, 0.2) is 16.5 Å². The highest BCUT2D eigenvalue weighted by atomic mass is 79.9. The topological polar surface area (TPSA) is 42.2 Å². The maximum absolute atomic E-state index is 11.7. The first-order valence-corrected chi connectivity index (χ1v) is 6.70. The van der Waals surface area contributed by atoms with Crippen LogP contribution in [0.5, 0.6) is 0 Å². The first kappa shape index (κ1) is 13.3. The fourth-order valence-electron chi connectivity index (χ4n) is 1.49. The second-order valence-corrected chi connectivity index (χ2v) is 4.67. The molecule has 0 aromatic carbocycles. The molecule has 16 heavy (non-hydrogen) atoms. The van der Waals surface area contributed by atoms with E-state index in [1.807, 2.05) is 6.92 Å². The summed E-state index contributed by atoms with van der Waals surface area (Å²) in [6, 6.07) is 3.50. The van der Waals surface area contributed by atoms with E-state index in [-0.39, 0.29) is 5.91 Å². The summed E-state index contributed by atoms with van der Waals surface area (Å²) >= 11 is 3.41. The van der Waals surface area contributed by atoms with Gasteiger partial charge in [-0.2, -0.15) is 0 Å². The average Bonchev–Trinajstić information content (AvgIpc) is 2.70. The molecular formula is C12H18BrNO2. The van der Waals surface area contributed by atoms with Crippen LogP contribution in [0.2, 0.25) is 0 Å². The Morgan fingerprint density at radius 1 is 1.56 bits per heavy atom. The van der Waals surface area contributed by atoms with Gasteiger partial charge in [0.25, 0.3) is 5.91 Å². The van der Waals surface area contributed by atoms with Crippen LogP contribution in [-0.2, 0) is 0 Å². The van der Waals surface area contributed by atoms with Gasteiger partial charge in [0.15, 0.2) is 5.76 Å². The molecule has 1 aromatic rings. The summed E-state index contributed by atoms with van der Waals surface area (Å²) in [6.45, 7) is 4.67. The molecule has 1 unspecified atom stereocenters. The molecule has 0 saturated carbocycles. The molecule has 0 saturated heterocycles. The van der Waals surface area contributed by atoms with E-state index in [0.29, 0.717) is 18.2 Å². The van der Waals surface area contributed by atoms with Crippen molar-refractivity contribution in [3.05, 3.63) is 23.7 Å². The predicted octanol–water partition coefficient (Wildman–Crippen LogP) is 3.13. The minimum absolute atomic E-state index is 0.124. The number of alkyl halides is 1.